The summed E-state index contributed by atoms with van der Waals surface area (Å²) in [5, 5.41) is 14.2. The van der Waals surface area contributed by atoms with Crippen LogP contribution >= 0.6 is 0 Å². The van der Waals surface area contributed by atoms with Crippen molar-refractivity contribution in [3.05, 3.63) is 29.8 Å². The van der Waals surface area contributed by atoms with E-state index in [0.29, 0.717) is 30.1 Å². The highest BCUT2D eigenvalue weighted by molar-refractivity contribution is 6.03. The van der Waals surface area contributed by atoms with E-state index in [9.17, 15) is 9.59 Å². The molecule has 0 heterocycles. The van der Waals surface area contributed by atoms with Crippen LogP contribution in [0.2, 0.25) is 0 Å². The molecule has 1 rings (SSSR count). The molecule has 20 heavy (non-hydrogen) atoms. The molecule has 0 aliphatic carbocycles. The van der Waals surface area contributed by atoms with E-state index < -0.39 is 0 Å². The molecule has 1 aromatic carbocycles. The van der Waals surface area contributed by atoms with Crippen molar-refractivity contribution in [1.82, 2.24) is 5.32 Å². The molecule has 0 bridgehead atoms. The zero-order valence-corrected chi connectivity index (χ0v) is 12.0. The maximum Gasteiger partial charge on any atom is 0.253 e. The molecule has 0 aromatic heterocycles. The predicted molar refractivity (Wildman–Crippen MR) is 78.6 cm³/mol. The highest BCUT2D eigenvalue weighted by atomic mass is 16.3. The van der Waals surface area contributed by atoms with Gasteiger partial charge in [-0.15, -0.1) is 0 Å². The summed E-state index contributed by atoms with van der Waals surface area (Å²) in [6, 6.07) is 6.90. The fourth-order valence-electron chi connectivity index (χ4n) is 1.63. The van der Waals surface area contributed by atoms with Crippen molar-refractivity contribution in [2.75, 3.05) is 18.5 Å². The number of para-hydroxylation sites is 1. The largest absolute Gasteiger partial charge is 0.396 e. The van der Waals surface area contributed by atoms with Crippen molar-refractivity contribution < 1.29 is 14.7 Å². The highest BCUT2D eigenvalue weighted by Crippen LogP contribution is 2.15. The molecular weight excluding hydrogens is 256 g/mol. The van der Waals surface area contributed by atoms with Crippen LogP contribution in [0.4, 0.5) is 5.69 Å². The SMILES string of the molecule is CC(C)CNC(=O)c1ccccc1NC(=O)CCCO. The molecule has 3 N–H and O–H groups in total. The number of carbonyl (C=O) groups is 2. The lowest BCUT2D eigenvalue weighted by atomic mass is 10.1. The van der Waals surface area contributed by atoms with Crippen LogP contribution in [0.25, 0.3) is 0 Å². The summed E-state index contributed by atoms with van der Waals surface area (Å²) < 4.78 is 0. The minimum atomic E-state index is -0.205. The van der Waals surface area contributed by atoms with E-state index in [4.69, 9.17) is 5.11 Å². The summed E-state index contributed by atoms with van der Waals surface area (Å²) in [6.07, 6.45) is 0.645. The first-order chi connectivity index (χ1) is 9.54. The first kappa shape index (κ1) is 16.2. The normalized spacial score (nSPS) is 10.4. The molecule has 0 fully saturated rings. The van der Waals surface area contributed by atoms with Crippen LogP contribution < -0.4 is 10.6 Å². The molecule has 5 nitrogen and oxygen atoms in total. The van der Waals surface area contributed by atoms with Gasteiger partial charge in [0, 0.05) is 19.6 Å². The summed E-state index contributed by atoms with van der Waals surface area (Å²) in [6.45, 7) is 4.60. The number of nitrogens with one attached hydrogen (secondary N) is 2. The third-order valence-corrected chi connectivity index (χ3v) is 2.68. The molecule has 110 valence electrons. The van der Waals surface area contributed by atoms with Gasteiger partial charge >= 0.3 is 0 Å². The van der Waals surface area contributed by atoms with Gasteiger partial charge < -0.3 is 15.7 Å². The summed E-state index contributed by atoms with van der Waals surface area (Å²) in [7, 11) is 0. The molecule has 5 heteroatoms. The average molecular weight is 278 g/mol. The van der Waals surface area contributed by atoms with E-state index in [1.165, 1.54) is 0 Å². The number of anilines is 1. The Labute approximate surface area is 119 Å². The zero-order chi connectivity index (χ0) is 15.0. The minimum Gasteiger partial charge on any atom is -0.396 e. The predicted octanol–water partition coefficient (Wildman–Crippen LogP) is 1.78. The molecule has 0 saturated heterocycles. The molecule has 0 saturated carbocycles. The number of benzene rings is 1. The lowest BCUT2D eigenvalue weighted by molar-refractivity contribution is -0.116. The van der Waals surface area contributed by atoms with E-state index in [-0.39, 0.29) is 24.8 Å². The van der Waals surface area contributed by atoms with Crippen LogP contribution in [-0.4, -0.2) is 30.1 Å². The highest BCUT2D eigenvalue weighted by Gasteiger charge is 2.12. The number of carbonyl (C=O) groups excluding carboxylic acids is 2. The van der Waals surface area contributed by atoms with Crippen LogP contribution in [0.15, 0.2) is 24.3 Å². The van der Waals surface area contributed by atoms with E-state index >= 15 is 0 Å². The topological polar surface area (TPSA) is 78.4 Å². The summed E-state index contributed by atoms with van der Waals surface area (Å²) in [5.41, 5.74) is 0.946. The van der Waals surface area contributed by atoms with Gasteiger partial charge in [-0.1, -0.05) is 26.0 Å². The van der Waals surface area contributed by atoms with Gasteiger partial charge in [0.15, 0.2) is 0 Å². The Morgan fingerprint density at radius 1 is 1.25 bits per heavy atom. The Morgan fingerprint density at radius 3 is 2.60 bits per heavy atom. The molecule has 0 aliphatic rings. The average Bonchev–Trinajstić information content (AvgIpc) is 2.43. The molecule has 0 atom stereocenters. The molecule has 0 unspecified atom stereocenters. The Morgan fingerprint density at radius 2 is 1.95 bits per heavy atom. The molecule has 1 aromatic rings. The number of hydrogen-bond acceptors (Lipinski definition) is 3. The molecular formula is C15H22N2O3. The monoisotopic (exact) mass is 278 g/mol. The van der Waals surface area contributed by atoms with Gasteiger partial charge in [-0.25, -0.2) is 0 Å². The maximum absolute atomic E-state index is 12.1. The molecule has 0 spiro atoms. The van der Waals surface area contributed by atoms with Crippen LogP contribution in [0.1, 0.15) is 37.0 Å². The second-order valence-electron chi connectivity index (χ2n) is 5.02. The molecule has 0 radical (unpaired) electrons. The molecule has 2 amide bonds. The van der Waals surface area contributed by atoms with E-state index in [0.717, 1.165) is 0 Å². The first-order valence-corrected chi connectivity index (χ1v) is 6.82. The second kappa shape index (κ2) is 8.32. The Hall–Kier alpha value is -1.88. The summed E-state index contributed by atoms with van der Waals surface area (Å²) in [5.74, 6) is -0.0369. The van der Waals surface area contributed by atoms with Gasteiger partial charge in [-0.3, -0.25) is 9.59 Å². The van der Waals surface area contributed by atoms with E-state index in [1.54, 1.807) is 24.3 Å². The van der Waals surface area contributed by atoms with Gasteiger partial charge in [0.05, 0.1) is 11.3 Å². The number of aliphatic hydroxyl groups excluding tert-OH is 1. The summed E-state index contributed by atoms with van der Waals surface area (Å²) in [4.78, 5) is 23.7. The van der Waals surface area contributed by atoms with Gasteiger partial charge in [-0.05, 0) is 24.5 Å². The quantitative estimate of drug-likeness (QED) is 0.711. The van der Waals surface area contributed by atoms with Crippen LogP contribution in [0.3, 0.4) is 0 Å². The first-order valence-electron chi connectivity index (χ1n) is 6.82. The third-order valence-electron chi connectivity index (χ3n) is 2.68. The maximum atomic E-state index is 12.1. The van der Waals surface area contributed by atoms with Gasteiger partial charge in [-0.2, -0.15) is 0 Å². The Balaban J connectivity index is 2.72. The van der Waals surface area contributed by atoms with Crippen molar-refractivity contribution in [2.24, 2.45) is 5.92 Å². The zero-order valence-electron chi connectivity index (χ0n) is 12.0. The van der Waals surface area contributed by atoms with E-state index in [1.807, 2.05) is 13.8 Å². The smallest absolute Gasteiger partial charge is 0.253 e. The van der Waals surface area contributed by atoms with Crippen molar-refractivity contribution in [1.29, 1.82) is 0 Å². The Kier molecular flexibility index (Phi) is 6.73. The van der Waals surface area contributed by atoms with Gasteiger partial charge in [0.1, 0.15) is 0 Å². The number of rotatable bonds is 7. The third kappa shape index (κ3) is 5.40. The lowest BCUT2D eigenvalue weighted by Gasteiger charge is -2.12. The lowest BCUT2D eigenvalue weighted by Crippen LogP contribution is -2.28. The fourth-order valence-corrected chi connectivity index (χ4v) is 1.63. The number of aliphatic hydroxyl groups is 1. The Bertz CT molecular complexity index is 458. The standard InChI is InChI=1S/C15H22N2O3/c1-11(2)10-16-15(20)12-6-3-4-7-13(12)17-14(19)8-5-9-18/h3-4,6-7,11,18H,5,8-10H2,1-2H3,(H,16,20)(H,17,19). The van der Waals surface area contributed by atoms with Crippen LogP contribution in [-0.2, 0) is 4.79 Å². The minimum absolute atomic E-state index is 0.0239. The van der Waals surface area contributed by atoms with Gasteiger partial charge in [0.2, 0.25) is 5.91 Å². The fraction of sp³-hybridized carbons (Fsp3) is 0.467. The van der Waals surface area contributed by atoms with E-state index in [2.05, 4.69) is 10.6 Å². The molecule has 0 aliphatic heterocycles. The van der Waals surface area contributed by atoms with Crippen molar-refractivity contribution in [3.8, 4) is 0 Å². The number of amides is 2. The number of hydrogen-bond donors (Lipinski definition) is 3. The second-order valence-corrected chi connectivity index (χ2v) is 5.02. The van der Waals surface area contributed by atoms with Crippen LogP contribution in [0, 0.1) is 5.92 Å². The van der Waals surface area contributed by atoms with Crippen molar-refractivity contribution >= 4 is 17.5 Å². The van der Waals surface area contributed by atoms with Crippen molar-refractivity contribution in [3.63, 3.8) is 0 Å². The van der Waals surface area contributed by atoms with Crippen molar-refractivity contribution in [2.45, 2.75) is 26.7 Å². The van der Waals surface area contributed by atoms with Crippen LogP contribution in [0.5, 0.6) is 0 Å². The summed E-state index contributed by atoms with van der Waals surface area (Å²) >= 11 is 0. The van der Waals surface area contributed by atoms with Gasteiger partial charge in [0.25, 0.3) is 5.91 Å².